The molecule has 3 rings (SSSR count). The molecule has 0 radical (unpaired) electrons. The molecule has 35 heavy (non-hydrogen) atoms. The van der Waals surface area contributed by atoms with E-state index in [4.69, 9.17) is 14.2 Å². The number of nitrogens with one attached hydrogen (secondary N) is 1. The van der Waals surface area contributed by atoms with Crippen LogP contribution < -0.4 is 19.5 Å². The minimum atomic E-state index is -0.731. The van der Waals surface area contributed by atoms with E-state index in [0.717, 1.165) is 5.56 Å². The summed E-state index contributed by atoms with van der Waals surface area (Å²) in [5.41, 5.74) is 0.509. The number of piperidine rings is 1. The molecule has 1 N–H and O–H groups in total. The van der Waals surface area contributed by atoms with Crippen molar-refractivity contribution in [2.24, 2.45) is 5.41 Å². The first-order valence-electron chi connectivity index (χ1n) is 12.2. The number of ether oxygens (including phenoxy) is 3. The quantitative estimate of drug-likeness (QED) is 0.532. The van der Waals surface area contributed by atoms with Gasteiger partial charge >= 0.3 is 0 Å². The van der Waals surface area contributed by atoms with Gasteiger partial charge in [0.25, 0.3) is 5.91 Å². The van der Waals surface area contributed by atoms with Crippen molar-refractivity contribution in [1.82, 2.24) is 10.2 Å². The van der Waals surface area contributed by atoms with Crippen LogP contribution in [0, 0.1) is 11.2 Å². The van der Waals surface area contributed by atoms with Gasteiger partial charge in [-0.3, -0.25) is 9.59 Å². The van der Waals surface area contributed by atoms with Crippen molar-refractivity contribution in [3.8, 4) is 17.2 Å². The van der Waals surface area contributed by atoms with Gasteiger partial charge in [0, 0.05) is 25.2 Å². The van der Waals surface area contributed by atoms with Crippen LogP contribution in [-0.2, 0) is 11.3 Å². The molecule has 1 unspecified atom stereocenters. The smallest absolute Gasteiger partial charge is 0.254 e. The van der Waals surface area contributed by atoms with Crippen LogP contribution in [0.5, 0.6) is 17.2 Å². The molecule has 1 fully saturated rings. The topological polar surface area (TPSA) is 77.1 Å². The van der Waals surface area contributed by atoms with Crippen molar-refractivity contribution < 1.29 is 28.2 Å². The van der Waals surface area contributed by atoms with Crippen LogP contribution in [0.4, 0.5) is 4.39 Å². The number of likely N-dealkylation sites (tertiary alicyclic amines) is 1. The monoisotopic (exact) mass is 486 g/mol. The predicted molar refractivity (Wildman–Crippen MR) is 131 cm³/mol. The van der Waals surface area contributed by atoms with Crippen molar-refractivity contribution in [1.29, 1.82) is 0 Å². The van der Waals surface area contributed by atoms with Crippen molar-refractivity contribution in [3.05, 3.63) is 53.3 Å². The maximum atomic E-state index is 13.5. The third-order valence-electron chi connectivity index (χ3n) is 6.05. The summed E-state index contributed by atoms with van der Waals surface area (Å²) in [6.07, 6.45) is 1.38. The Labute approximate surface area is 206 Å². The number of rotatable bonds is 10. The maximum absolute atomic E-state index is 13.5. The molecule has 1 heterocycles. The first-order chi connectivity index (χ1) is 16.8. The third kappa shape index (κ3) is 6.44. The Kier molecular flexibility index (Phi) is 8.95. The Morgan fingerprint density at radius 1 is 1.00 bits per heavy atom. The largest absolute Gasteiger partial charge is 0.490 e. The molecule has 1 saturated heterocycles. The molecule has 0 spiro atoms. The van der Waals surface area contributed by atoms with Gasteiger partial charge in [-0.2, -0.15) is 0 Å². The standard InChI is InChI=1S/C27H35FN2O5/c1-5-33-22-15-20(16-23(34-6-2)24(22)35-7-3)25(31)30-14-8-13-27(4,18-30)26(32)29-17-19-9-11-21(28)12-10-19/h9-12,15-16H,5-8,13-14,17-18H2,1-4H3,(H,29,32). The van der Waals surface area contributed by atoms with Gasteiger partial charge in [0.15, 0.2) is 11.5 Å². The fourth-order valence-corrected chi connectivity index (χ4v) is 4.29. The average molecular weight is 487 g/mol. The lowest BCUT2D eigenvalue weighted by atomic mass is 9.80. The van der Waals surface area contributed by atoms with Crippen LogP contribution in [0.15, 0.2) is 36.4 Å². The Morgan fingerprint density at radius 3 is 2.17 bits per heavy atom. The number of hydrogen-bond acceptors (Lipinski definition) is 5. The summed E-state index contributed by atoms with van der Waals surface area (Å²) < 4.78 is 30.4. The first-order valence-corrected chi connectivity index (χ1v) is 12.2. The second-order valence-electron chi connectivity index (χ2n) is 8.80. The number of carbonyl (C=O) groups is 2. The number of carbonyl (C=O) groups excluding carboxylic acids is 2. The van der Waals surface area contributed by atoms with Crippen LogP contribution in [0.25, 0.3) is 0 Å². The van der Waals surface area contributed by atoms with Crippen molar-refractivity contribution >= 4 is 11.8 Å². The molecule has 7 nitrogen and oxygen atoms in total. The number of nitrogens with zero attached hydrogens (tertiary/aromatic N) is 1. The zero-order valence-electron chi connectivity index (χ0n) is 21.0. The van der Waals surface area contributed by atoms with E-state index >= 15 is 0 Å². The molecule has 0 aliphatic carbocycles. The van der Waals surface area contributed by atoms with E-state index in [1.807, 2.05) is 27.7 Å². The second kappa shape index (κ2) is 11.9. The van der Waals surface area contributed by atoms with E-state index in [1.165, 1.54) is 12.1 Å². The second-order valence-corrected chi connectivity index (χ2v) is 8.80. The lowest BCUT2D eigenvalue weighted by molar-refractivity contribution is -0.132. The van der Waals surface area contributed by atoms with Gasteiger partial charge in [-0.05, 0) is 70.4 Å². The van der Waals surface area contributed by atoms with E-state index < -0.39 is 5.41 Å². The van der Waals surface area contributed by atoms with Crippen LogP contribution in [0.1, 0.15) is 56.5 Å². The lowest BCUT2D eigenvalue weighted by Gasteiger charge is -2.39. The molecule has 190 valence electrons. The summed E-state index contributed by atoms with van der Waals surface area (Å²) in [6, 6.07) is 9.39. The molecule has 0 bridgehead atoms. The highest BCUT2D eigenvalue weighted by molar-refractivity contribution is 5.96. The van der Waals surface area contributed by atoms with Gasteiger partial charge in [-0.15, -0.1) is 0 Å². The lowest BCUT2D eigenvalue weighted by Crippen LogP contribution is -2.51. The molecular weight excluding hydrogens is 451 g/mol. The van der Waals surface area contributed by atoms with Crippen molar-refractivity contribution in [2.45, 2.75) is 47.1 Å². The average Bonchev–Trinajstić information content (AvgIpc) is 2.85. The van der Waals surface area contributed by atoms with Crippen LogP contribution in [0.2, 0.25) is 0 Å². The number of benzene rings is 2. The van der Waals surface area contributed by atoms with Crippen LogP contribution in [0.3, 0.4) is 0 Å². The highest BCUT2D eigenvalue weighted by Crippen LogP contribution is 2.40. The molecule has 8 heteroatoms. The summed E-state index contributed by atoms with van der Waals surface area (Å²) in [7, 11) is 0. The minimum Gasteiger partial charge on any atom is -0.490 e. The zero-order valence-corrected chi connectivity index (χ0v) is 21.0. The Hall–Kier alpha value is -3.29. The van der Waals surface area contributed by atoms with Crippen molar-refractivity contribution in [3.63, 3.8) is 0 Å². The normalized spacial score (nSPS) is 17.6. The van der Waals surface area contributed by atoms with Gasteiger partial charge in [-0.1, -0.05) is 12.1 Å². The highest BCUT2D eigenvalue weighted by Gasteiger charge is 2.39. The summed E-state index contributed by atoms with van der Waals surface area (Å²) in [4.78, 5) is 28.3. The molecule has 2 aromatic carbocycles. The summed E-state index contributed by atoms with van der Waals surface area (Å²) in [5, 5.41) is 2.95. The van der Waals surface area contributed by atoms with E-state index in [0.29, 0.717) is 75.1 Å². The summed E-state index contributed by atoms with van der Waals surface area (Å²) in [6.45, 7) is 9.90. The number of halogens is 1. The predicted octanol–water partition coefficient (Wildman–Crippen LogP) is 4.58. The molecule has 2 amide bonds. The zero-order chi connectivity index (χ0) is 25.4. The van der Waals surface area contributed by atoms with E-state index in [9.17, 15) is 14.0 Å². The molecular formula is C27H35FN2O5. The summed E-state index contributed by atoms with van der Waals surface area (Å²) in [5.74, 6) is 0.767. The van der Waals surface area contributed by atoms with Crippen LogP contribution in [-0.4, -0.2) is 49.6 Å². The van der Waals surface area contributed by atoms with Crippen molar-refractivity contribution in [2.75, 3.05) is 32.9 Å². The van der Waals surface area contributed by atoms with Gasteiger partial charge in [0.1, 0.15) is 5.82 Å². The van der Waals surface area contributed by atoms with Gasteiger partial charge in [-0.25, -0.2) is 4.39 Å². The Bertz CT molecular complexity index is 1000. The molecule has 1 aliphatic heterocycles. The minimum absolute atomic E-state index is 0.129. The van der Waals surface area contributed by atoms with E-state index in [1.54, 1.807) is 29.2 Å². The summed E-state index contributed by atoms with van der Waals surface area (Å²) >= 11 is 0. The van der Waals surface area contributed by atoms with Gasteiger partial charge < -0.3 is 24.4 Å². The van der Waals surface area contributed by atoms with Gasteiger partial charge in [0.05, 0.1) is 25.2 Å². The Balaban J connectivity index is 1.77. The first kappa shape index (κ1) is 26.3. The Morgan fingerprint density at radius 2 is 1.60 bits per heavy atom. The molecule has 0 aromatic heterocycles. The van der Waals surface area contributed by atoms with Gasteiger partial charge in [0.2, 0.25) is 11.7 Å². The SMILES string of the molecule is CCOc1cc(C(=O)N2CCCC(C)(C(=O)NCc3ccc(F)cc3)C2)cc(OCC)c1OCC. The molecule has 1 atom stereocenters. The number of hydrogen-bond donors (Lipinski definition) is 1. The molecule has 1 aliphatic rings. The fraction of sp³-hybridized carbons (Fsp3) is 0.481. The third-order valence-corrected chi connectivity index (χ3v) is 6.05. The highest BCUT2D eigenvalue weighted by atomic mass is 19.1. The molecule has 2 aromatic rings. The fourth-order valence-electron chi connectivity index (χ4n) is 4.29. The van der Waals surface area contributed by atoms with Crippen LogP contribution >= 0.6 is 0 Å². The number of amides is 2. The molecule has 0 saturated carbocycles. The maximum Gasteiger partial charge on any atom is 0.254 e. The van der Waals surface area contributed by atoms with E-state index in [-0.39, 0.29) is 17.6 Å². The van der Waals surface area contributed by atoms with E-state index in [2.05, 4.69) is 5.32 Å².